The predicted molar refractivity (Wildman–Crippen MR) is 97.1 cm³/mol. The van der Waals surface area contributed by atoms with E-state index < -0.39 is 8.80 Å². The first kappa shape index (κ1) is 22.1. The molecular formula is C18H40O3Si. The van der Waals surface area contributed by atoms with E-state index in [0.29, 0.717) is 11.5 Å². The van der Waals surface area contributed by atoms with Crippen molar-refractivity contribution in [2.24, 2.45) is 11.3 Å². The molecule has 0 saturated carbocycles. The van der Waals surface area contributed by atoms with Crippen molar-refractivity contribution < 1.29 is 13.3 Å². The van der Waals surface area contributed by atoms with Crippen LogP contribution in [0.4, 0.5) is 0 Å². The van der Waals surface area contributed by atoms with Crippen LogP contribution in [-0.4, -0.2) is 28.6 Å². The van der Waals surface area contributed by atoms with Gasteiger partial charge in [-0.3, -0.25) is 0 Å². The summed E-state index contributed by atoms with van der Waals surface area (Å²) in [5.74, 6) is 0.532. The lowest BCUT2D eigenvalue weighted by atomic mass is 9.77. The SMILES string of the molecule is CCCO[Si](OCCC)(OCCC)C(C)C(CC)C(C)(C)C. The summed E-state index contributed by atoms with van der Waals surface area (Å²) >= 11 is 0. The van der Waals surface area contributed by atoms with Crippen LogP contribution in [0.25, 0.3) is 0 Å². The molecule has 0 amide bonds. The molecule has 0 aliphatic rings. The van der Waals surface area contributed by atoms with Gasteiger partial charge < -0.3 is 13.3 Å². The zero-order valence-corrected chi connectivity index (χ0v) is 17.3. The van der Waals surface area contributed by atoms with Crippen molar-refractivity contribution in [3.8, 4) is 0 Å². The first-order valence-corrected chi connectivity index (χ1v) is 11.0. The summed E-state index contributed by atoms with van der Waals surface area (Å²) in [6, 6.07) is 0. The van der Waals surface area contributed by atoms with Crippen molar-refractivity contribution in [1.82, 2.24) is 0 Å². The van der Waals surface area contributed by atoms with E-state index in [1.54, 1.807) is 0 Å². The Bertz CT molecular complexity index is 254. The van der Waals surface area contributed by atoms with Gasteiger partial charge in [-0.05, 0) is 30.6 Å². The second-order valence-corrected chi connectivity index (χ2v) is 10.3. The molecule has 0 spiro atoms. The molecule has 0 heterocycles. The standard InChI is InChI=1S/C18H40O3Si/c1-9-13-19-22(20-14-10-2,21-15-11-3)16(5)17(12-4)18(6,7)8/h16-17H,9-15H2,1-8H3. The van der Waals surface area contributed by atoms with Crippen LogP contribution < -0.4 is 0 Å². The molecule has 0 radical (unpaired) electrons. The molecule has 134 valence electrons. The van der Waals surface area contributed by atoms with E-state index in [4.69, 9.17) is 13.3 Å². The molecule has 0 saturated heterocycles. The monoisotopic (exact) mass is 332 g/mol. The molecule has 0 rings (SSSR count). The van der Waals surface area contributed by atoms with Crippen molar-refractivity contribution in [3.63, 3.8) is 0 Å². The fraction of sp³-hybridized carbons (Fsp3) is 1.00. The van der Waals surface area contributed by atoms with E-state index in [2.05, 4.69) is 55.4 Å². The van der Waals surface area contributed by atoms with Crippen molar-refractivity contribution in [1.29, 1.82) is 0 Å². The molecule has 2 atom stereocenters. The molecule has 0 aliphatic heterocycles. The fourth-order valence-corrected chi connectivity index (χ4v) is 6.95. The minimum atomic E-state index is -2.66. The predicted octanol–water partition coefficient (Wildman–Crippen LogP) is 5.67. The summed E-state index contributed by atoms with van der Waals surface area (Å²) in [4.78, 5) is 0. The van der Waals surface area contributed by atoms with Gasteiger partial charge in [-0.1, -0.05) is 61.8 Å². The van der Waals surface area contributed by atoms with Gasteiger partial charge in [-0.15, -0.1) is 0 Å². The number of hydrogen-bond acceptors (Lipinski definition) is 3. The Morgan fingerprint density at radius 3 is 1.36 bits per heavy atom. The maximum absolute atomic E-state index is 6.32. The molecule has 22 heavy (non-hydrogen) atoms. The number of rotatable bonds is 12. The lowest BCUT2D eigenvalue weighted by molar-refractivity contribution is 0.0345. The van der Waals surface area contributed by atoms with Gasteiger partial charge in [0.1, 0.15) is 0 Å². The van der Waals surface area contributed by atoms with Crippen molar-refractivity contribution in [2.45, 2.75) is 86.6 Å². The molecule has 3 nitrogen and oxygen atoms in total. The molecule has 0 aromatic rings. The molecule has 4 heteroatoms. The lowest BCUT2D eigenvalue weighted by Gasteiger charge is -2.42. The molecule has 0 bridgehead atoms. The van der Waals surface area contributed by atoms with Crippen molar-refractivity contribution >= 4 is 8.80 Å². The first-order chi connectivity index (χ1) is 10.3. The Balaban J connectivity index is 5.43. The van der Waals surface area contributed by atoms with Gasteiger partial charge in [0, 0.05) is 25.4 Å². The summed E-state index contributed by atoms with van der Waals surface area (Å²) in [6.45, 7) is 20.1. The summed E-state index contributed by atoms with van der Waals surface area (Å²) in [7, 11) is -2.66. The van der Waals surface area contributed by atoms with Gasteiger partial charge in [0.25, 0.3) is 0 Å². The van der Waals surface area contributed by atoms with Crippen LogP contribution in [0, 0.1) is 11.3 Å². The van der Waals surface area contributed by atoms with Gasteiger partial charge in [-0.2, -0.15) is 0 Å². The lowest BCUT2D eigenvalue weighted by Crippen LogP contribution is -2.53. The highest BCUT2D eigenvalue weighted by atomic mass is 28.4. The topological polar surface area (TPSA) is 27.7 Å². The highest BCUT2D eigenvalue weighted by molar-refractivity contribution is 6.62. The van der Waals surface area contributed by atoms with E-state index in [9.17, 15) is 0 Å². The Morgan fingerprint density at radius 1 is 0.773 bits per heavy atom. The Morgan fingerprint density at radius 2 is 1.14 bits per heavy atom. The Kier molecular flexibility index (Phi) is 10.8. The summed E-state index contributed by atoms with van der Waals surface area (Å²) in [5, 5.41) is 0. The highest BCUT2D eigenvalue weighted by Gasteiger charge is 2.52. The third kappa shape index (κ3) is 6.69. The second-order valence-electron chi connectivity index (χ2n) is 7.32. The normalized spacial score (nSPS) is 15.8. The van der Waals surface area contributed by atoms with Gasteiger partial charge in [0.15, 0.2) is 0 Å². The average Bonchev–Trinajstić information content (AvgIpc) is 2.46. The summed E-state index contributed by atoms with van der Waals surface area (Å²) < 4.78 is 19.0. The maximum atomic E-state index is 6.32. The van der Waals surface area contributed by atoms with Crippen LogP contribution in [0.15, 0.2) is 0 Å². The minimum absolute atomic E-state index is 0.229. The van der Waals surface area contributed by atoms with Gasteiger partial charge in [0.2, 0.25) is 0 Å². The Labute approximate surface area is 140 Å². The van der Waals surface area contributed by atoms with E-state index >= 15 is 0 Å². The molecule has 0 fully saturated rings. The van der Waals surface area contributed by atoms with E-state index in [-0.39, 0.29) is 5.41 Å². The largest absolute Gasteiger partial charge is 0.504 e. The molecular weight excluding hydrogens is 292 g/mol. The van der Waals surface area contributed by atoms with Crippen molar-refractivity contribution in [2.75, 3.05) is 19.8 Å². The zero-order valence-electron chi connectivity index (χ0n) is 16.3. The van der Waals surface area contributed by atoms with Gasteiger partial charge in [-0.25, -0.2) is 0 Å². The van der Waals surface area contributed by atoms with Crippen LogP contribution in [0.1, 0.15) is 81.1 Å². The quantitative estimate of drug-likeness (QED) is 0.431. The summed E-state index contributed by atoms with van der Waals surface area (Å²) in [5.41, 5.74) is 0.551. The molecule has 2 unspecified atom stereocenters. The van der Waals surface area contributed by atoms with E-state index in [1.165, 1.54) is 0 Å². The second kappa shape index (κ2) is 10.8. The molecule has 0 aliphatic carbocycles. The van der Waals surface area contributed by atoms with Crippen LogP contribution in [0.5, 0.6) is 0 Å². The van der Waals surface area contributed by atoms with Crippen LogP contribution in [-0.2, 0) is 13.3 Å². The first-order valence-electron chi connectivity index (χ1n) is 9.20. The van der Waals surface area contributed by atoms with E-state index in [0.717, 1.165) is 45.5 Å². The third-order valence-corrected chi connectivity index (χ3v) is 7.57. The van der Waals surface area contributed by atoms with E-state index in [1.807, 2.05) is 0 Å². The summed E-state index contributed by atoms with van der Waals surface area (Å²) in [6.07, 6.45) is 4.12. The fourth-order valence-electron chi connectivity index (χ4n) is 3.21. The molecule has 0 aromatic carbocycles. The minimum Gasteiger partial charge on any atom is -0.373 e. The zero-order chi connectivity index (χ0) is 17.2. The smallest absolute Gasteiger partial charge is 0.373 e. The van der Waals surface area contributed by atoms with Crippen LogP contribution in [0.3, 0.4) is 0 Å². The third-order valence-electron chi connectivity index (χ3n) is 4.24. The number of hydrogen-bond donors (Lipinski definition) is 0. The van der Waals surface area contributed by atoms with Crippen LogP contribution >= 0.6 is 0 Å². The Hall–Kier alpha value is 0.0969. The van der Waals surface area contributed by atoms with Crippen molar-refractivity contribution in [3.05, 3.63) is 0 Å². The maximum Gasteiger partial charge on any atom is 0.504 e. The molecule has 0 N–H and O–H groups in total. The molecule has 0 aromatic heterocycles. The van der Waals surface area contributed by atoms with Crippen LogP contribution in [0.2, 0.25) is 5.54 Å². The average molecular weight is 333 g/mol. The highest BCUT2D eigenvalue weighted by Crippen LogP contribution is 2.44. The van der Waals surface area contributed by atoms with Gasteiger partial charge >= 0.3 is 8.80 Å². The van der Waals surface area contributed by atoms with Gasteiger partial charge in [0.05, 0.1) is 0 Å².